The number of rotatable bonds is 3. The maximum absolute atomic E-state index is 13.3. The zero-order chi connectivity index (χ0) is 17.2. The number of halogens is 3. The third-order valence-electron chi connectivity index (χ3n) is 4.94. The van der Waals surface area contributed by atoms with Crippen molar-refractivity contribution in [2.45, 2.75) is 43.6 Å². The fourth-order valence-corrected chi connectivity index (χ4v) is 3.54. The number of morpholine rings is 1. The van der Waals surface area contributed by atoms with E-state index in [1.807, 2.05) is 0 Å². The van der Waals surface area contributed by atoms with E-state index < -0.39 is 24.4 Å². The summed E-state index contributed by atoms with van der Waals surface area (Å²) < 4.78 is 50.4. The van der Waals surface area contributed by atoms with Gasteiger partial charge in [-0.05, 0) is 12.8 Å². The second kappa shape index (κ2) is 7.45. The lowest BCUT2D eigenvalue weighted by Gasteiger charge is -2.43. The second-order valence-electron chi connectivity index (χ2n) is 6.63. The van der Waals surface area contributed by atoms with E-state index in [0.717, 1.165) is 13.0 Å². The SMILES string of the molecule is O=C(NC(CC1CCCO1)C(F)(F)F)N1CCN2CCOCC2C1. The summed E-state index contributed by atoms with van der Waals surface area (Å²) in [7, 11) is 0. The van der Waals surface area contributed by atoms with Crippen molar-refractivity contribution in [1.29, 1.82) is 0 Å². The highest BCUT2D eigenvalue weighted by Gasteiger charge is 2.43. The number of carbonyl (C=O) groups is 1. The molecule has 138 valence electrons. The predicted octanol–water partition coefficient (Wildman–Crippen LogP) is 1.21. The predicted molar refractivity (Wildman–Crippen MR) is 79.7 cm³/mol. The zero-order valence-electron chi connectivity index (χ0n) is 13.6. The number of piperazine rings is 1. The Hall–Kier alpha value is -1.06. The monoisotopic (exact) mass is 351 g/mol. The second-order valence-corrected chi connectivity index (χ2v) is 6.63. The molecule has 0 aromatic carbocycles. The van der Waals surface area contributed by atoms with Crippen molar-refractivity contribution < 1.29 is 27.4 Å². The molecular weight excluding hydrogens is 327 g/mol. The average Bonchev–Trinajstić information content (AvgIpc) is 3.06. The van der Waals surface area contributed by atoms with Crippen molar-refractivity contribution >= 4 is 6.03 Å². The zero-order valence-corrected chi connectivity index (χ0v) is 13.6. The number of urea groups is 1. The third kappa shape index (κ3) is 4.31. The summed E-state index contributed by atoms with van der Waals surface area (Å²) in [6.45, 7) is 3.99. The van der Waals surface area contributed by atoms with Crippen LogP contribution >= 0.6 is 0 Å². The van der Waals surface area contributed by atoms with Gasteiger partial charge in [-0.25, -0.2) is 4.79 Å². The summed E-state index contributed by atoms with van der Waals surface area (Å²) >= 11 is 0. The van der Waals surface area contributed by atoms with Crippen molar-refractivity contribution in [3.05, 3.63) is 0 Å². The maximum atomic E-state index is 13.3. The van der Waals surface area contributed by atoms with Gasteiger partial charge >= 0.3 is 12.2 Å². The van der Waals surface area contributed by atoms with E-state index in [0.29, 0.717) is 45.9 Å². The highest BCUT2D eigenvalue weighted by molar-refractivity contribution is 5.74. The molecule has 3 rings (SSSR count). The van der Waals surface area contributed by atoms with Crippen molar-refractivity contribution in [2.75, 3.05) is 46.0 Å². The van der Waals surface area contributed by atoms with Gasteiger partial charge in [-0.1, -0.05) is 0 Å². The molecule has 0 radical (unpaired) electrons. The quantitative estimate of drug-likeness (QED) is 0.831. The molecule has 0 spiro atoms. The number of alkyl halides is 3. The fraction of sp³-hybridized carbons (Fsp3) is 0.933. The normalized spacial score (nSPS) is 30.0. The van der Waals surface area contributed by atoms with Crippen molar-refractivity contribution in [1.82, 2.24) is 15.1 Å². The molecule has 0 bridgehead atoms. The molecule has 3 heterocycles. The maximum Gasteiger partial charge on any atom is 0.408 e. The third-order valence-corrected chi connectivity index (χ3v) is 4.94. The minimum absolute atomic E-state index is 0.0701. The van der Waals surface area contributed by atoms with Crippen LogP contribution in [0.3, 0.4) is 0 Å². The van der Waals surface area contributed by atoms with Gasteiger partial charge in [0.2, 0.25) is 0 Å². The van der Waals surface area contributed by atoms with E-state index in [1.54, 1.807) is 0 Å². The van der Waals surface area contributed by atoms with Gasteiger partial charge in [-0.2, -0.15) is 13.2 Å². The number of amides is 2. The molecule has 2 amide bonds. The Morgan fingerprint density at radius 1 is 1.25 bits per heavy atom. The van der Waals surface area contributed by atoms with Crippen LogP contribution in [0.2, 0.25) is 0 Å². The molecule has 24 heavy (non-hydrogen) atoms. The van der Waals surface area contributed by atoms with E-state index in [4.69, 9.17) is 9.47 Å². The molecule has 6 nitrogen and oxygen atoms in total. The lowest BCUT2D eigenvalue weighted by atomic mass is 10.1. The van der Waals surface area contributed by atoms with Gasteiger partial charge in [-0.15, -0.1) is 0 Å². The first-order valence-electron chi connectivity index (χ1n) is 8.49. The van der Waals surface area contributed by atoms with Gasteiger partial charge in [0.25, 0.3) is 0 Å². The Morgan fingerprint density at radius 3 is 2.79 bits per heavy atom. The number of nitrogens with zero attached hydrogens (tertiary/aromatic N) is 2. The molecule has 3 unspecified atom stereocenters. The van der Waals surface area contributed by atoms with Crippen molar-refractivity contribution in [3.8, 4) is 0 Å². The van der Waals surface area contributed by atoms with Crippen LogP contribution in [-0.2, 0) is 9.47 Å². The first kappa shape index (κ1) is 17.8. The van der Waals surface area contributed by atoms with E-state index in [-0.39, 0.29) is 12.5 Å². The largest absolute Gasteiger partial charge is 0.408 e. The summed E-state index contributed by atoms with van der Waals surface area (Å²) in [5, 5.41) is 2.17. The summed E-state index contributed by atoms with van der Waals surface area (Å²) in [5.41, 5.74) is 0. The van der Waals surface area contributed by atoms with E-state index in [9.17, 15) is 18.0 Å². The Balaban J connectivity index is 1.56. The van der Waals surface area contributed by atoms with E-state index in [2.05, 4.69) is 10.2 Å². The molecule has 0 aromatic rings. The minimum Gasteiger partial charge on any atom is -0.378 e. The fourth-order valence-electron chi connectivity index (χ4n) is 3.54. The smallest absolute Gasteiger partial charge is 0.378 e. The molecular formula is C15H24F3N3O3. The highest BCUT2D eigenvalue weighted by Crippen LogP contribution is 2.27. The molecule has 3 saturated heterocycles. The number of ether oxygens (including phenoxy) is 2. The molecule has 0 aromatic heterocycles. The number of carbonyl (C=O) groups excluding carboxylic acids is 1. The van der Waals surface area contributed by atoms with Gasteiger partial charge in [0, 0.05) is 39.2 Å². The number of nitrogens with one attached hydrogen (secondary N) is 1. The van der Waals surface area contributed by atoms with Crippen LogP contribution in [0.25, 0.3) is 0 Å². The first-order valence-corrected chi connectivity index (χ1v) is 8.49. The van der Waals surface area contributed by atoms with Gasteiger partial charge < -0.3 is 19.7 Å². The Bertz CT molecular complexity index is 443. The molecule has 0 saturated carbocycles. The van der Waals surface area contributed by atoms with Gasteiger partial charge in [0.05, 0.1) is 25.4 Å². The van der Waals surface area contributed by atoms with Crippen LogP contribution in [0.15, 0.2) is 0 Å². The average molecular weight is 351 g/mol. The number of hydrogen-bond acceptors (Lipinski definition) is 4. The van der Waals surface area contributed by atoms with E-state index in [1.165, 1.54) is 4.90 Å². The molecule has 3 fully saturated rings. The summed E-state index contributed by atoms with van der Waals surface area (Å²) in [6.07, 6.45) is -3.74. The molecule has 0 aliphatic carbocycles. The lowest BCUT2D eigenvalue weighted by molar-refractivity contribution is -0.160. The van der Waals surface area contributed by atoms with Crippen molar-refractivity contribution in [2.24, 2.45) is 0 Å². The van der Waals surface area contributed by atoms with Crippen LogP contribution in [-0.4, -0.2) is 86.2 Å². The Kier molecular flexibility index (Phi) is 5.51. The molecule has 3 aliphatic rings. The van der Waals surface area contributed by atoms with Gasteiger partial charge in [0.15, 0.2) is 0 Å². The van der Waals surface area contributed by atoms with E-state index >= 15 is 0 Å². The topological polar surface area (TPSA) is 54.0 Å². The van der Waals surface area contributed by atoms with Crippen LogP contribution in [0.1, 0.15) is 19.3 Å². The molecule has 3 atom stereocenters. The number of fused-ring (bicyclic) bond motifs is 1. The van der Waals surface area contributed by atoms with Gasteiger partial charge in [-0.3, -0.25) is 4.90 Å². The minimum atomic E-state index is -4.47. The van der Waals surface area contributed by atoms with Crippen LogP contribution in [0.4, 0.5) is 18.0 Å². The number of hydrogen-bond donors (Lipinski definition) is 1. The first-order chi connectivity index (χ1) is 11.4. The lowest BCUT2D eigenvalue weighted by Crippen LogP contribution is -2.62. The van der Waals surface area contributed by atoms with Gasteiger partial charge in [0.1, 0.15) is 6.04 Å². The summed E-state index contributed by atoms with van der Waals surface area (Å²) in [6, 6.07) is -2.45. The Labute approximate surface area is 139 Å². The summed E-state index contributed by atoms with van der Waals surface area (Å²) in [4.78, 5) is 16.0. The highest BCUT2D eigenvalue weighted by atomic mass is 19.4. The molecule has 3 aliphatic heterocycles. The van der Waals surface area contributed by atoms with Crippen LogP contribution < -0.4 is 5.32 Å². The summed E-state index contributed by atoms with van der Waals surface area (Å²) in [5.74, 6) is 0. The Morgan fingerprint density at radius 2 is 2.08 bits per heavy atom. The van der Waals surface area contributed by atoms with Crippen LogP contribution in [0, 0.1) is 0 Å². The van der Waals surface area contributed by atoms with Crippen LogP contribution in [0.5, 0.6) is 0 Å². The molecule has 1 N–H and O–H groups in total. The standard InChI is InChI=1S/C15H24F3N3O3/c16-15(17,18)13(8-12-2-1-6-24-12)19-14(22)21-4-3-20-5-7-23-10-11(20)9-21/h11-13H,1-10H2,(H,19,22). The van der Waals surface area contributed by atoms with Crippen molar-refractivity contribution in [3.63, 3.8) is 0 Å². The molecule has 9 heteroatoms.